The molecule has 0 saturated carbocycles. The lowest BCUT2D eigenvalue weighted by molar-refractivity contribution is 0.0677. The molecule has 0 radical (unpaired) electrons. The van der Waals surface area contributed by atoms with Gasteiger partial charge in [-0.2, -0.15) is 0 Å². The predicted octanol–water partition coefficient (Wildman–Crippen LogP) is 2.21. The molecule has 0 aliphatic rings. The maximum Gasteiger partial charge on any atom is 0.251 e. The molecule has 0 amide bonds. The molecule has 5 heteroatoms. The minimum atomic E-state index is -2.33. The van der Waals surface area contributed by atoms with Gasteiger partial charge in [0.25, 0.3) is 6.43 Å². The van der Waals surface area contributed by atoms with Crippen molar-refractivity contribution in [2.75, 3.05) is 31.6 Å². The van der Waals surface area contributed by atoms with E-state index in [9.17, 15) is 8.78 Å². The topological polar surface area (TPSA) is 23.5 Å². The molecule has 0 fully saturated rings. The number of aliphatic hydroxyl groups excluding tert-OH is 1. The predicted molar refractivity (Wildman–Crippen MR) is 61.7 cm³/mol. The largest absolute Gasteiger partial charge is 0.395 e. The van der Waals surface area contributed by atoms with Crippen LogP contribution in [0.25, 0.3) is 0 Å². The zero-order valence-corrected chi connectivity index (χ0v) is 10.9. The van der Waals surface area contributed by atoms with Gasteiger partial charge < -0.3 is 5.11 Å². The van der Waals surface area contributed by atoms with Gasteiger partial charge in [0.05, 0.1) is 13.2 Å². The number of aliphatic hydroxyl groups is 1. The van der Waals surface area contributed by atoms with Gasteiger partial charge in [-0.05, 0) is 11.8 Å². The lowest BCUT2D eigenvalue weighted by atomic mass is 9.97. The van der Waals surface area contributed by atoms with Crippen molar-refractivity contribution in [3.8, 4) is 0 Å². The lowest BCUT2D eigenvalue weighted by Gasteiger charge is -2.27. The van der Waals surface area contributed by atoms with Crippen LogP contribution in [0.2, 0.25) is 0 Å². The van der Waals surface area contributed by atoms with Crippen molar-refractivity contribution < 1.29 is 13.9 Å². The second-order valence-electron chi connectivity index (χ2n) is 4.03. The highest BCUT2D eigenvalue weighted by atomic mass is 79.9. The Balaban J connectivity index is 4.11. The van der Waals surface area contributed by atoms with Crippen LogP contribution < -0.4 is 0 Å². The van der Waals surface area contributed by atoms with Crippen molar-refractivity contribution >= 4 is 15.9 Å². The Bertz CT molecular complexity index is 158. The van der Waals surface area contributed by atoms with Gasteiger partial charge in [0, 0.05) is 18.4 Å². The molecule has 15 heavy (non-hydrogen) atoms. The van der Waals surface area contributed by atoms with E-state index in [-0.39, 0.29) is 13.2 Å². The van der Waals surface area contributed by atoms with Crippen molar-refractivity contribution in [2.24, 2.45) is 11.8 Å². The summed E-state index contributed by atoms with van der Waals surface area (Å²) in [5.41, 5.74) is 0. The van der Waals surface area contributed by atoms with Crippen LogP contribution >= 0.6 is 15.9 Å². The molecule has 0 rings (SSSR count). The van der Waals surface area contributed by atoms with E-state index in [1.165, 1.54) is 0 Å². The molecule has 0 aromatic rings. The normalized spacial score (nSPS) is 14.2. The fraction of sp³-hybridized carbons (Fsp3) is 1.00. The van der Waals surface area contributed by atoms with E-state index in [1.807, 2.05) is 0 Å². The number of hydrogen-bond acceptors (Lipinski definition) is 2. The summed E-state index contributed by atoms with van der Waals surface area (Å²) in [7, 11) is 0. The summed E-state index contributed by atoms with van der Waals surface area (Å²) in [4.78, 5) is 1.62. The SMILES string of the molecule is CC(C)C(CBr)CN(CCO)CC(F)F. The quantitative estimate of drug-likeness (QED) is 0.692. The van der Waals surface area contributed by atoms with E-state index in [1.54, 1.807) is 4.90 Å². The average Bonchev–Trinajstić information content (AvgIpc) is 2.12. The summed E-state index contributed by atoms with van der Waals surface area (Å²) in [6, 6.07) is 0. The van der Waals surface area contributed by atoms with E-state index in [0.29, 0.717) is 24.9 Å². The van der Waals surface area contributed by atoms with E-state index >= 15 is 0 Å². The molecule has 0 aliphatic heterocycles. The summed E-state index contributed by atoms with van der Waals surface area (Å²) in [6.45, 7) is 4.75. The van der Waals surface area contributed by atoms with Crippen molar-refractivity contribution in [3.63, 3.8) is 0 Å². The van der Waals surface area contributed by atoms with Gasteiger partial charge >= 0.3 is 0 Å². The van der Waals surface area contributed by atoms with Gasteiger partial charge in [0.15, 0.2) is 0 Å². The molecule has 1 atom stereocenters. The molecular weight excluding hydrogens is 268 g/mol. The minimum absolute atomic E-state index is 0.0696. The molecule has 0 aliphatic carbocycles. The number of rotatable bonds is 8. The molecule has 0 heterocycles. The molecular formula is C10H20BrF2NO. The minimum Gasteiger partial charge on any atom is -0.395 e. The Labute approximate surface area is 98.8 Å². The zero-order valence-electron chi connectivity index (χ0n) is 9.30. The molecule has 0 bridgehead atoms. The Morgan fingerprint density at radius 2 is 1.87 bits per heavy atom. The van der Waals surface area contributed by atoms with Gasteiger partial charge in [-0.1, -0.05) is 29.8 Å². The number of hydrogen-bond donors (Lipinski definition) is 1. The van der Waals surface area contributed by atoms with Crippen molar-refractivity contribution in [1.29, 1.82) is 0 Å². The van der Waals surface area contributed by atoms with Crippen LogP contribution in [0.1, 0.15) is 13.8 Å². The van der Waals surface area contributed by atoms with Gasteiger partial charge in [-0.25, -0.2) is 8.78 Å². The van der Waals surface area contributed by atoms with E-state index in [4.69, 9.17) is 5.11 Å². The third-order valence-corrected chi connectivity index (χ3v) is 3.28. The molecule has 0 aromatic carbocycles. The van der Waals surface area contributed by atoms with Crippen LogP contribution in [0.4, 0.5) is 8.78 Å². The summed E-state index contributed by atoms with van der Waals surface area (Å²) >= 11 is 3.39. The third-order valence-electron chi connectivity index (χ3n) is 2.45. The Morgan fingerprint density at radius 3 is 2.20 bits per heavy atom. The number of nitrogens with zero attached hydrogens (tertiary/aromatic N) is 1. The monoisotopic (exact) mass is 287 g/mol. The van der Waals surface area contributed by atoms with E-state index in [0.717, 1.165) is 5.33 Å². The maximum atomic E-state index is 12.2. The molecule has 0 saturated heterocycles. The fourth-order valence-corrected chi connectivity index (χ4v) is 2.32. The van der Waals surface area contributed by atoms with Gasteiger partial charge in [-0.15, -0.1) is 0 Å². The van der Waals surface area contributed by atoms with Gasteiger partial charge in [0.1, 0.15) is 0 Å². The Hall–Kier alpha value is 0.260. The first-order chi connectivity index (χ1) is 7.01. The first-order valence-electron chi connectivity index (χ1n) is 5.18. The van der Waals surface area contributed by atoms with Crippen LogP contribution in [0.5, 0.6) is 0 Å². The number of alkyl halides is 3. The molecule has 1 N–H and O–H groups in total. The van der Waals surface area contributed by atoms with Crippen LogP contribution in [-0.2, 0) is 0 Å². The molecule has 2 nitrogen and oxygen atoms in total. The standard InChI is InChI=1S/C10H20BrF2NO/c1-8(2)9(5-11)6-14(3-4-15)7-10(12)13/h8-10,15H,3-7H2,1-2H3. The molecule has 0 aromatic heterocycles. The van der Waals surface area contributed by atoms with Crippen molar-refractivity contribution in [2.45, 2.75) is 20.3 Å². The summed E-state index contributed by atoms with van der Waals surface area (Å²) in [5, 5.41) is 9.58. The van der Waals surface area contributed by atoms with Crippen LogP contribution in [-0.4, -0.2) is 48.0 Å². The zero-order chi connectivity index (χ0) is 11.8. The Kier molecular flexibility index (Phi) is 8.56. The Morgan fingerprint density at radius 1 is 1.27 bits per heavy atom. The second kappa shape index (κ2) is 8.42. The summed E-state index contributed by atoms with van der Waals surface area (Å²) < 4.78 is 24.5. The van der Waals surface area contributed by atoms with Gasteiger partial charge in [0.2, 0.25) is 0 Å². The van der Waals surface area contributed by atoms with Gasteiger partial charge in [-0.3, -0.25) is 4.90 Å². The van der Waals surface area contributed by atoms with Crippen LogP contribution in [0.15, 0.2) is 0 Å². The molecule has 92 valence electrons. The first-order valence-corrected chi connectivity index (χ1v) is 6.30. The fourth-order valence-electron chi connectivity index (χ4n) is 1.36. The van der Waals surface area contributed by atoms with Crippen molar-refractivity contribution in [1.82, 2.24) is 4.90 Å². The number of halogens is 3. The average molecular weight is 288 g/mol. The lowest BCUT2D eigenvalue weighted by Crippen LogP contribution is -2.37. The summed E-state index contributed by atoms with van der Waals surface area (Å²) in [5.74, 6) is 0.790. The molecule has 1 unspecified atom stereocenters. The maximum absolute atomic E-state index is 12.2. The van der Waals surface area contributed by atoms with Crippen LogP contribution in [0, 0.1) is 11.8 Å². The van der Waals surface area contributed by atoms with E-state index in [2.05, 4.69) is 29.8 Å². The highest BCUT2D eigenvalue weighted by molar-refractivity contribution is 9.09. The van der Waals surface area contributed by atoms with Crippen molar-refractivity contribution in [3.05, 3.63) is 0 Å². The second-order valence-corrected chi connectivity index (χ2v) is 4.68. The van der Waals surface area contributed by atoms with Crippen LogP contribution in [0.3, 0.4) is 0 Å². The third kappa shape index (κ3) is 7.19. The summed E-state index contributed by atoms with van der Waals surface area (Å²) in [6.07, 6.45) is -2.33. The highest BCUT2D eigenvalue weighted by Gasteiger charge is 2.18. The van der Waals surface area contributed by atoms with E-state index < -0.39 is 6.43 Å². The molecule has 0 spiro atoms. The first kappa shape index (κ1) is 15.3. The smallest absolute Gasteiger partial charge is 0.251 e. The highest BCUT2D eigenvalue weighted by Crippen LogP contribution is 2.15.